The Bertz CT molecular complexity index is 322. The van der Waals surface area contributed by atoms with E-state index in [4.69, 9.17) is 17.0 Å². The molecule has 4 heteroatoms. The Balaban J connectivity index is 2.60. The average molecular weight is 224 g/mol. The smallest absolute Gasteiger partial charge is 0.170 e. The molecule has 15 heavy (non-hydrogen) atoms. The van der Waals surface area contributed by atoms with Crippen molar-refractivity contribution in [2.45, 2.75) is 20.0 Å². The van der Waals surface area contributed by atoms with Gasteiger partial charge in [-0.3, -0.25) is 0 Å². The SMILES string of the molecule is CNC(=S)Nc1ccc(OC(C)C)cc1. The van der Waals surface area contributed by atoms with Crippen LogP contribution in [0.3, 0.4) is 0 Å². The first-order valence-electron chi connectivity index (χ1n) is 4.87. The summed E-state index contributed by atoms with van der Waals surface area (Å²) in [5.41, 5.74) is 0.949. The van der Waals surface area contributed by atoms with Gasteiger partial charge in [-0.2, -0.15) is 0 Å². The van der Waals surface area contributed by atoms with E-state index >= 15 is 0 Å². The molecule has 0 amide bonds. The van der Waals surface area contributed by atoms with Crippen molar-refractivity contribution < 1.29 is 4.74 Å². The van der Waals surface area contributed by atoms with Crippen molar-refractivity contribution in [3.8, 4) is 5.75 Å². The molecule has 0 unspecified atom stereocenters. The number of thiocarbonyl (C=S) groups is 1. The van der Waals surface area contributed by atoms with E-state index in [9.17, 15) is 0 Å². The molecule has 3 nitrogen and oxygen atoms in total. The summed E-state index contributed by atoms with van der Waals surface area (Å²) < 4.78 is 5.52. The molecular weight excluding hydrogens is 208 g/mol. The zero-order chi connectivity index (χ0) is 11.3. The normalized spacial score (nSPS) is 9.87. The van der Waals surface area contributed by atoms with E-state index in [0.29, 0.717) is 5.11 Å². The summed E-state index contributed by atoms with van der Waals surface area (Å²) in [4.78, 5) is 0. The van der Waals surface area contributed by atoms with Crippen LogP contribution in [-0.2, 0) is 0 Å². The van der Waals surface area contributed by atoms with E-state index in [1.165, 1.54) is 0 Å². The lowest BCUT2D eigenvalue weighted by Crippen LogP contribution is -2.23. The first-order valence-corrected chi connectivity index (χ1v) is 5.28. The summed E-state index contributed by atoms with van der Waals surface area (Å²) in [6.07, 6.45) is 0.196. The fourth-order valence-electron chi connectivity index (χ4n) is 1.08. The van der Waals surface area contributed by atoms with Gasteiger partial charge < -0.3 is 15.4 Å². The lowest BCUT2D eigenvalue weighted by atomic mass is 10.3. The van der Waals surface area contributed by atoms with Gasteiger partial charge in [0, 0.05) is 12.7 Å². The third-order valence-corrected chi connectivity index (χ3v) is 2.02. The van der Waals surface area contributed by atoms with Crippen molar-refractivity contribution in [3.05, 3.63) is 24.3 Å². The Morgan fingerprint density at radius 1 is 1.27 bits per heavy atom. The fraction of sp³-hybridized carbons (Fsp3) is 0.364. The van der Waals surface area contributed by atoms with Gasteiger partial charge in [0.2, 0.25) is 0 Å². The lowest BCUT2D eigenvalue weighted by molar-refractivity contribution is 0.242. The third-order valence-electron chi connectivity index (χ3n) is 1.71. The summed E-state index contributed by atoms with van der Waals surface area (Å²) in [5.74, 6) is 0.867. The number of nitrogens with one attached hydrogen (secondary N) is 2. The van der Waals surface area contributed by atoms with E-state index in [1.807, 2.05) is 38.1 Å². The van der Waals surface area contributed by atoms with Crippen molar-refractivity contribution in [1.29, 1.82) is 0 Å². The first-order chi connectivity index (χ1) is 7.11. The van der Waals surface area contributed by atoms with Crippen molar-refractivity contribution in [2.75, 3.05) is 12.4 Å². The largest absolute Gasteiger partial charge is 0.491 e. The van der Waals surface area contributed by atoms with Crippen molar-refractivity contribution in [2.24, 2.45) is 0 Å². The number of rotatable bonds is 3. The minimum Gasteiger partial charge on any atom is -0.491 e. The number of hydrogen-bond donors (Lipinski definition) is 2. The van der Waals surface area contributed by atoms with Gasteiger partial charge >= 0.3 is 0 Å². The van der Waals surface area contributed by atoms with Gasteiger partial charge in [-0.1, -0.05) is 0 Å². The minimum atomic E-state index is 0.196. The van der Waals surface area contributed by atoms with Crippen molar-refractivity contribution in [1.82, 2.24) is 5.32 Å². The maximum absolute atomic E-state index is 5.52. The number of anilines is 1. The Kier molecular flexibility index (Phi) is 4.37. The Labute approximate surface area is 95.8 Å². The molecule has 0 aliphatic carbocycles. The second-order valence-electron chi connectivity index (χ2n) is 3.40. The molecule has 2 N–H and O–H groups in total. The van der Waals surface area contributed by atoms with Crippen LogP contribution in [0.2, 0.25) is 0 Å². The molecule has 0 heterocycles. The van der Waals surface area contributed by atoms with E-state index in [-0.39, 0.29) is 6.10 Å². The Hall–Kier alpha value is -1.29. The van der Waals surface area contributed by atoms with Crippen LogP contribution in [0, 0.1) is 0 Å². The molecule has 0 atom stereocenters. The van der Waals surface area contributed by atoms with E-state index in [2.05, 4.69) is 10.6 Å². The third kappa shape index (κ3) is 4.16. The summed E-state index contributed by atoms with van der Waals surface area (Å²) in [5, 5.41) is 6.49. The van der Waals surface area contributed by atoms with Gasteiger partial charge in [-0.15, -0.1) is 0 Å². The van der Waals surface area contributed by atoms with Crippen LogP contribution in [0.15, 0.2) is 24.3 Å². The van der Waals surface area contributed by atoms with Gasteiger partial charge in [-0.25, -0.2) is 0 Å². The Morgan fingerprint density at radius 3 is 2.33 bits per heavy atom. The molecule has 0 fully saturated rings. The molecule has 1 aromatic carbocycles. The van der Waals surface area contributed by atoms with Gasteiger partial charge in [0.15, 0.2) is 5.11 Å². The maximum Gasteiger partial charge on any atom is 0.170 e. The van der Waals surface area contributed by atoms with Crippen LogP contribution in [-0.4, -0.2) is 18.3 Å². The number of benzene rings is 1. The number of ether oxygens (including phenoxy) is 1. The van der Waals surface area contributed by atoms with Crippen molar-refractivity contribution in [3.63, 3.8) is 0 Å². The first kappa shape index (κ1) is 11.8. The zero-order valence-electron chi connectivity index (χ0n) is 9.20. The van der Waals surface area contributed by atoms with Gasteiger partial charge in [0.1, 0.15) is 5.75 Å². The highest BCUT2D eigenvalue weighted by atomic mass is 32.1. The standard InChI is InChI=1S/C11H16N2OS/c1-8(2)14-10-6-4-9(5-7-10)13-11(15)12-3/h4-8H,1-3H3,(H2,12,13,15). The molecule has 0 aromatic heterocycles. The van der Waals surface area contributed by atoms with Crippen LogP contribution in [0.4, 0.5) is 5.69 Å². The highest BCUT2D eigenvalue weighted by molar-refractivity contribution is 7.80. The molecular formula is C11H16N2OS. The highest BCUT2D eigenvalue weighted by Gasteiger charge is 1.98. The van der Waals surface area contributed by atoms with E-state index in [0.717, 1.165) is 11.4 Å². The molecule has 0 aliphatic rings. The monoisotopic (exact) mass is 224 g/mol. The maximum atomic E-state index is 5.52. The molecule has 1 rings (SSSR count). The molecule has 0 saturated carbocycles. The van der Waals surface area contributed by atoms with Gasteiger partial charge in [-0.05, 0) is 50.3 Å². The zero-order valence-corrected chi connectivity index (χ0v) is 10.0. The lowest BCUT2D eigenvalue weighted by Gasteiger charge is -2.11. The summed E-state index contributed by atoms with van der Waals surface area (Å²) >= 11 is 4.99. The van der Waals surface area contributed by atoms with Crippen molar-refractivity contribution >= 4 is 23.0 Å². The molecule has 0 bridgehead atoms. The molecule has 0 saturated heterocycles. The second kappa shape index (κ2) is 5.56. The van der Waals surface area contributed by atoms with Gasteiger partial charge in [0.25, 0.3) is 0 Å². The highest BCUT2D eigenvalue weighted by Crippen LogP contribution is 2.16. The molecule has 0 aliphatic heterocycles. The summed E-state index contributed by atoms with van der Waals surface area (Å²) in [6.45, 7) is 4.00. The summed E-state index contributed by atoms with van der Waals surface area (Å²) in [6, 6.07) is 7.70. The van der Waals surface area contributed by atoms with Gasteiger partial charge in [0.05, 0.1) is 6.10 Å². The molecule has 0 radical (unpaired) electrons. The second-order valence-corrected chi connectivity index (χ2v) is 3.80. The Morgan fingerprint density at radius 2 is 1.87 bits per heavy atom. The molecule has 82 valence electrons. The number of hydrogen-bond acceptors (Lipinski definition) is 2. The predicted octanol–water partition coefficient (Wildman–Crippen LogP) is 2.39. The average Bonchev–Trinajstić information content (AvgIpc) is 2.20. The quantitative estimate of drug-likeness (QED) is 0.772. The molecule has 1 aromatic rings. The molecule has 0 spiro atoms. The van der Waals surface area contributed by atoms with Crippen LogP contribution >= 0.6 is 12.2 Å². The van der Waals surface area contributed by atoms with Crippen LogP contribution in [0.25, 0.3) is 0 Å². The minimum absolute atomic E-state index is 0.196. The van der Waals surface area contributed by atoms with Crippen LogP contribution < -0.4 is 15.4 Å². The fourth-order valence-corrected chi connectivity index (χ4v) is 1.20. The topological polar surface area (TPSA) is 33.3 Å². The van der Waals surface area contributed by atoms with E-state index in [1.54, 1.807) is 7.05 Å². The van der Waals surface area contributed by atoms with E-state index < -0.39 is 0 Å². The summed E-state index contributed by atoms with van der Waals surface area (Å²) in [7, 11) is 1.78. The van der Waals surface area contributed by atoms with Crippen LogP contribution in [0.5, 0.6) is 5.75 Å². The predicted molar refractivity (Wildman–Crippen MR) is 67.5 cm³/mol. The van der Waals surface area contributed by atoms with Crippen LogP contribution in [0.1, 0.15) is 13.8 Å².